The number of pyridine rings is 1. The van der Waals surface area contributed by atoms with Gasteiger partial charge in [-0.25, -0.2) is 0 Å². The molecule has 1 heterocycles. The van der Waals surface area contributed by atoms with Crippen LogP contribution < -0.4 is 5.32 Å². The van der Waals surface area contributed by atoms with Crippen molar-refractivity contribution in [3.63, 3.8) is 0 Å². The van der Waals surface area contributed by atoms with Gasteiger partial charge in [0, 0.05) is 24.0 Å². The lowest BCUT2D eigenvalue weighted by atomic mass is 10.1. The number of nitrogens with one attached hydrogen (secondary N) is 1. The third-order valence-corrected chi connectivity index (χ3v) is 3.26. The Bertz CT molecular complexity index is 611. The molecule has 0 spiro atoms. The molecule has 0 bridgehead atoms. The van der Waals surface area contributed by atoms with Crippen LogP contribution in [0.15, 0.2) is 30.3 Å². The van der Waals surface area contributed by atoms with Gasteiger partial charge in [0.1, 0.15) is 0 Å². The Balaban J connectivity index is 1.78. The molecular formula is C17H22N2O2. The first-order chi connectivity index (χ1) is 10.2. The summed E-state index contributed by atoms with van der Waals surface area (Å²) < 4.78 is 4.89. The summed E-state index contributed by atoms with van der Waals surface area (Å²) >= 11 is 0. The average Bonchev–Trinajstić information content (AvgIpc) is 2.47. The van der Waals surface area contributed by atoms with Crippen molar-refractivity contribution >= 4 is 16.9 Å². The minimum Gasteiger partial charge on any atom is -0.466 e. The van der Waals surface area contributed by atoms with Crippen LogP contribution in [0.3, 0.4) is 0 Å². The van der Waals surface area contributed by atoms with Crippen LogP contribution in [0.25, 0.3) is 10.9 Å². The Labute approximate surface area is 125 Å². The van der Waals surface area contributed by atoms with E-state index in [2.05, 4.69) is 34.6 Å². The highest BCUT2D eigenvalue weighted by atomic mass is 16.5. The van der Waals surface area contributed by atoms with Gasteiger partial charge in [-0.1, -0.05) is 12.1 Å². The van der Waals surface area contributed by atoms with Crippen molar-refractivity contribution in [2.45, 2.75) is 33.2 Å². The van der Waals surface area contributed by atoms with Crippen LogP contribution in [-0.2, 0) is 16.1 Å². The predicted octanol–water partition coefficient (Wildman–Crippen LogP) is 2.98. The normalized spacial score (nSPS) is 10.8. The van der Waals surface area contributed by atoms with E-state index in [4.69, 9.17) is 4.74 Å². The summed E-state index contributed by atoms with van der Waals surface area (Å²) in [6, 6.07) is 10.4. The summed E-state index contributed by atoms with van der Waals surface area (Å²) in [5.74, 6) is -0.119. The molecule has 0 aliphatic rings. The number of carbonyl (C=O) groups is 1. The van der Waals surface area contributed by atoms with Crippen LogP contribution in [0.2, 0.25) is 0 Å². The Morgan fingerprint density at radius 1 is 1.29 bits per heavy atom. The lowest BCUT2D eigenvalue weighted by Gasteiger charge is -2.06. The van der Waals surface area contributed by atoms with E-state index in [0.29, 0.717) is 13.0 Å². The van der Waals surface area contributed by atoms with E-state index in [-0.39, 0.29) is 5.97 Å². The molecule has 21 heavy (non-hydrogen) atoms. The van der Waals surface area contributed by atoms with Crippen LogP contribution >= 0.6 is 0 Å². The van der Waals surface area contributed by atoms with Gasteiger partial charge in [0.15, 0.2) is 0 Å². The maximum atomic E-state index is 11.2. The molecule has 112 valence electrons. The van der Waals surface area contributed by atoms with Crippen molar-refractivity contribution in [3.05, 3.63) is 41.6 Å². The molecule has 0 saturated heterocycles. The number of nitrogens with zero attached hydrogens (tertiary/aromatic N) is 1. The number of ether oxygens (including phenoxy) is 1. The van der Waals surface area contributed by atoms with E-state index in [0.717, 1.165) is 36.1 Å². The number of aromatic nitrogens is 1. The minimum absolute atomic E-state index is 0.119. The van der Waals surface area contributed by atoms with Gasteiger partial charge in [0.25, 0.3) is 0 Å². The molecule has 0 saturated carbocycles. The second kappa shape index (κ2) is 7.74. The highest BCUT2D eigenvalue weighted by molar-refractivity contribution is 5.79. The molecule has 2 rings (SSSR count). The van der Waals surface area contributed by atoms with Gasteiger partial charge in [0.05, 0.1) is 12.1 Å². The van der Waals surface area contributed by atoms with Crippen molar-refractivity contribution in [1.82, 2.24) is 10.3 Å². The number of benzene rings is 1. The molecular weight excluding hydrogens is 264 g/mol. The fourth-order valence-electron chi connectivity index (χ4n) is 2.21. The maximum absolute atomic E-state index is 11.2. The molecule has 0 amide bonds. The van der Waals surface area contributed by atoms with Gasteiger partial charge in [-0.15, -0.1) is 0 Å². The zero-order chi connectivity index (χ0) is 15.1. The number of rotatable bonds is 7. The number of hydrogen-bond acceptors (Lipinski definition) is 4. The molecule has 0 aliphatic heterocycles. The molecule has 4 nitrogen and oxygen atoms in total. The molecule has 4 heteroatoms. The Morgan fingerprint density at radius 3 is 2.95 bits per heavy atom. The standard InChI is InChI=1S/C17H22N2O2/c1-3-21-17(20)5-4-10-18-12-14-7-9-16-15(11-14)8-6-13(2)19-16/h6-9,11,18H,3-5,10,12H2,1-2H3. The van der Waals surface area contributed by atoms with Gasteiger partial charge < -0.3 is 10.1 Å². The van der Waals surface area contributed by atoms with Crippen LogP contribution in [0.4, 0.5) is 0 Å². The van der Waals surface area contributed by atoms with Gasteiger partial charge >= 0.3 is 5.97 Å². The van der Waals surface area contributed by atoms with Crippen molar-refractivity contribution in [1.29, 1.82) is 0 Å². The lowest BCUT2D eigenvalue weighted by molar-refractivity contribution is -0.143. The Morgan fingerprint density at radius 2 is 2.14 bits per heavy atom. The summed E-state index contributed by atoms with van der Waals surface area (Å²) in [5, 5.41) is 4.51. The first-order valence-electron chi connectivity index (χ1n) is 7.41. The Hall–Kier alpha value is -1.94. The van der Waals surface area contributed by atoms with Crippen molar-refractivity contribution in [2.24, 2.45) is 0 Å². The van der Waals surface area contributed by atoms with E-state index in [1.54, 1.807) is 0 Å². The van der Waals surface area contributed by atoms with Crippen molar-refractivity contribution < 1.29 is 9.53 Å². The molecule has 1 N–H and O–H groups in total. The maximum Gasteiger partial charge on any atom is 0.305 e. The van der Waals surface area contributed by atoms with Crippen molar-refractivity contribution in [3.8, 4) is 0 Å². The molecule has 1 aromatic carbocycles. The zero-order valence-electron chi connectivity index (χ0n) is 12.7. The molecule has 0 radical (unpaired) electrons. The number of hydrogen-bond donors (Lipinski definition) is 1. The summed E-state index contributed by atoms with van der Waals surface area (Å²) in [6.07, 6.45) is 1.27. The fourth-order valence-corrected chi connectivity index (χ4v) is 2.21. The molecule has 0 fully saturated rings. The zero-order valence-corrected chi connectivity index (χ0v) is 12.7. The third-order valence-electron chi connectivity index (χ3n) is 3.26. The number of esters is 1. The van der Waals surface area contributed by atoms with Crippen molar-refractivity contribution in [2.75, 3.05) is 13.2 Å². The summed E-state index contributed by atoms with van der Waals surface area (Å²) in [6.45, 7) is 5.89. The first kappa shape index (κ1) is 15.4. The lowest BCUT2D eigenvalue weighted by Crippen LogP contribution is -2.16. The van der Waals surface area contributed by atoms with E-state index in [1.165, 1.54) is 5.56 Å². The molecule has 2 aromatic rings. The largest absolute Gasteiger partial charge is 0.466 e. The summed E-state index contributed by atoms with van der Waals surface area (Å²) in [5.41, 5.74) is 3.29. The smallest absolute Gasteiger partial charge is 0.305 e. The van der Waals surface area contributed by atoms with Gasteiger partial charge in [-0.05, 0) is 50.6 Å². The molecule has 1 aromatic heterocycles. The third kappa shape index (κ3) is 4.83. The van der Waals surface area contributed by atoms with Gasteiger partial charge in [-0.2, -0.15) is 0 Å². The van der Waals surface area contributed by atoms with Crippen LogP contribution in [0, 0.1) is 6.92 Å². The topological polar surface area (TPSA) is 51.2 Å². The molecule has 0 atom stereocenters. The van der Waals surface area contributed by atoms with E-state index >= 15 is 0 Å². The predicted molar refractivity (Wildman–Crippen MR) is 84.1 cm³/mol. The van der Waals surface area contributed by atoms with E-state index < -0.39 is 0 Å². The van der Waals surface area contributed by atoms with Gasteiger partial charge in [-0.3, -0.25) is 9.78 Å². The number of carbonyl (C=O) groups excluding carboxylic acids is 1. The first-order valence-corrected chi connectivity index (χ1v) is 7.41. The highest BCUT2D eigenvalue weighted by Gasteiger charge is 2.01. The van der Waals surface area contributed by atoms with Crippen LogP contribution in [0.5, 0.6) is 0 Å². The second-order valence-corrected chi connectivity index (χ2v) is 5.07. The van der Waals surface area contributed by atoms with Gasteiger partial charge in [0.2, 0.25) is 0 Å². The SMILES string of the molecule is CCOC(=O)CCCNCc1ccc2nc(C)ccc2c1. The summed E-state index contributed by atoms with van der Waals surface area (Å²) in [7, 11) is 0. The van der Waals surface area contributed by atoms with Crippen LogP contribution in [-0.4, -0.2) is 24.1 Å². The quantitative estimate of drug-likeness (QED) is 0.628. The Kier molecular flexibility index (Phi) is 5.69. The average molecular weight is 286 g/mol. The van der Waals surface area contributed by atoms with E-state index in [1.807, 2.05) is 19.9 Å². The fraction of sp³-hybridized carbons (Fsp3) is 0.412. The van der Waals surface area contributed by atoms with Crippen LogP contribution in [0.1, 0.15) is 31.0 Å². The summed E-state index contributed by atoms with van der Waals surface area (Å²) in [4.78, 5) is 15.7. The monoisotopic (exact) mass is 286 g/mol. The molecule has 0 unspecified atom stereocenters. The minimum atomic E-state index is -0.119. The number of aryl methyl sites for hydroxylation is 1. The molecule has 0 aliphatic carbocycles. The highest BCUT2D eigenvalue weighted by Crippen LogP contribution is 2.14. The second-order valence-electron chi connectivity index (χ2n) is 5.07. The van der Waals surface area contributed by atoms with E-state index in [9.17, 15) is 4.79 Å². The number of fused-ring (bicyclic) bond motifs is 1.